The molecule has 0 aromatic heterocycles. The van der Waals surface area contributed by atoms with E-state index in [9.17, 15) is 45.0 Å². The molecule has 0 bridgehead atoms. The van der Waals surface area contributed by atoms with Crippen LogP contribution in [-0.2, 0) is 19.9 Å². The van der Waals surface area contributed by atoms with E-state index in [1.54, 1.807) is 30.3 Å². The van der Waals surface area contributed by atoms with Gasteiger partial charge in [0.1, 0.15) is 29.0 Å². The molecule has 12 atom stereocenters. The summed E-state index contributed by atoms with van der Waals surface area (Å²) >= 11 is 5.55. The third-order valence-electron chi connectivity index (χ3n) is 17.2. The molecule has 9 N–H and O–H groups in total. The van der Waals surface area contributed by atoms with Gasteiger partial charge in [-0.05, 0) is 166 Å². The molecular weight excluding hydrogens is 863 g/mol. The molecule has 1 spiro atoms. The standard InChI is InChI=1S/C51H63N3O11S/c1-26(33-14-15-37-45-38(25-43(59)50(33,37)3)49(2)18-17-31(57)20-27(49)21-40(45)58)7-16-44(60)54-39(46(61)62)6-4-5-19-52-48(66)53-28-8-11-34-32(22-28)47(63)65-51(34)35-12-9-29(55)23-41(35)64-42-24-30(56)10-13-36(42)51/h8-13,22-24,26-27,31,33,37-40,43,45,55-59H,4-7,14-21,25H2,1-3H3,(H,54,60)(H,61,62)(H2,52,53,66)/t26-,27+,31-,33-,37?,38?,39+,40?,43+,45?,49+,50-/m1/s1. The molecule has 354 valence electrons. The minimum absolute atomic E-state index is 0.000717. The highest BCUT2D eigenvalue weighted by atomic mass is 32.1. The minimum atomic E-state index is -1.38. The Bertz CT molecular complexity index is 2360. The molecule has 0 radical (unpaired) electrons. The van der Waals surface area contributed by atoms with Crippen molar-refractivity contribution in [1.82, 2.24) is 10.6 Å². The number of rotatable bonds is 12. The number of aliphatic hydroxyl groups is 3. The first-order valence-corrected chi connectivity index (χ1v) is 24.2. The first-order valence-electron chi connectivity index (χ1n) is 23.8. The molecule has 15 heteroatoms. The number of hydrogen-bond donors (Lipinski definition) is 9. The van der Waals surface area contributed by atoms with Crippen molar-refractivity contribution in [2.24, 2.45) is 46.3 Å². The molecule has 3 aromatic rings. The number of unbranched alkanes of at least 4 members (excludes halogenated alkanes) is 1. The van der Waals surface area contributed by atoms with E-state index in [-0.39, 0.29) is 94.2 Å². The molecule has 6 aliphatic rings. The summed E-state index contributed by atoms with van der Waals surface area (Å²) in [6, 6.07) is 13.3. The highest BCUT2D eigenvalue weighted by molar-refractivity contribution is 7.80. The van der Waals surface area contributed by atoms with Crippen LogP contribution in [0.5, 0.6) is 23.0 Å². The van der Waals surface area contributed by atoms with Crippen LogP contribution in [0.1, 0.15) is 125 Å². The van der Waals surface area contributed by atoms with Gasteiger partial charge < -0.3 is 56.1 Å². The first-order chi connectivity index (χ1) is 31.4. The molecule has 14 nitrogen and oxygen atoms in total. The number of nitrogens with one attached hydrogen (secondary N) is 3. The molecule has 66 heavy (non-hydrogen) atoms. The lowest BCUT2D eigenvalue weighted by molar-refractivity contribution is -0.207. The third kappa shape index (κ3) is 7.86. The van der Waals surface area contributed by atoms with E-state index in [4.69, 9.17) is 21.7 Å². The number of phenols is 2. The fourth-order valence-electron chi connectivity index (χ4n) is 13.8. The number of benzene rings is 3. The predicted molar refractivity (Wildman–Crippen MR) is 248 cm³/mol. The van der Waals surface area contributed by atoms with E-state index < -0.39 is 35.8 Å². The number of amides is 1. The number of carboxylic acids is 1. The van der Waals surface area contributed by atoms with Gasteiger partial charge in [0.05, 0.1) is 23.9 Å². The van der Waals surface area contributed by atoms with Gasteiger partial charge in [0.2, 0.25) is 5.91 Å². The predicted octanol–water partition coefficient (Wildman–Crippen LogP) is 7.07. The summed E-state index contributed by atoms with van der Waals surface area (Å²) in [5, 5.41) is 73.7. The zero-order valence-electron chi connectivity index (χ0n) is 37.8. The molecular formula is C51H63N3O11S. The van der Waals surface area contributed by atoms with Crippen LogP contribution in [0.4, 0.5) is 5.69 Å². The smallest absolute Gasteiger partial charge is 0.340 e. The molecule has 1 amide bonds. The van der Waals surface area contributed by atoms with E-state index in [0.717, 1.165) is 32.1 Å². The lowest BCUT2D eigenvalue weighted by Gasteiger charge is -2.63. The lowest BCUT2D eigenvalue weighted by Crippen LogP contribution is -2.62. The minimum Gasteiger partial charge on any atom is -0.508 e. The number of carbonyl (C=O) groups excluding carboxylic acids is 2. The van der Waals surface area contributed by atoms with Gasteiger partial charge in [0, 0.05) is 47.5 Å². The maximum absolute atomic E-state index is 13.5. The summed E-state index contributed by atoms with van der Waals surface area (Å²) in [7, 11) is 0. The SMILES string of the molecule is C[C@H](CCC(=O)N[C@@H](CCCCNC(=S)Nc1ccc2c(c1)C(=O)OC21c2ccc(O)cc2Oc2cc(O)ccc21)C(=O)O)[C@H]1CCC2C3C(O)C[C@@H]4C[C@H](O)CC[C@]4(C)C3C[C@H](O)[C@@]21C. The number of fused-ring (bicyclic) bond motifs is 11. The second-order valence-corrected chi connectivity index (χ2v) is 21.1. The van der Waals surface area contributed by atoms with Crippen molar-refractivity contribution in [2.75, 3.05) is 11.9 Å². The van der Waals surface area contributed by atoms with E-state index in [1.807, 2.05) is 0 Å². The number of aliphatic hydroxyl groups excluding tert-OH is 3. The summed E-state index contributed by atoms with van der Waals surface area (Å²) in [6.45, 7) is 7.10. The van der Waals surface area contributed by atoms with E-state index in [2.05, 4.69) is 36.7 Å². The quantitative estimate of drug-likeness (QED) is 0.0503. The molecule has 4 unspecified atom stereocenters. The van der Waals surface area contributed by atoms with Crippen molar-refractivity contribution in [2.45, 2.75) is 128 Å². The zero-order chi connectivity index (χ0) is 46.9. The number of ether oxygens (including phenoxy) is 2. The van der Waals surface area contributed by atoms with Gasteiger partial charge in [-0.3, -0.25) is 4.79 Å². The van der Waals surface area contributed by atoms with Crippen LogP contribution in [0.3, 0.4) is 0 Å². The third-order valence-corrected chi connectivity index (χ3v) is 17.5. The zero-order valence-corrected chi connectivity index (χ0v) is 38.6. The molecule has 4 saturated carbocycles. The van der Waals surface area contributed by atoms with Gasteiger partial charge in [-0.25, -0.2) is 9.59 Å². The number of phenolic OH excluding ortho intramolecular Hbond substituents is 2. The number of aromatic hydroxyl groups is 2. The maximum atomic E-state index is 13.5. The van der Waals surface area contributed by atoms with Crippen molar-refractivity contribution in [1.29, 1.82) is 0 Å². The Balaban J connectivity index is 0.746. The monoisotopic (exact) mass is 925 g/mol. The van der Waals surface area contributed by atoms with Gasteiger partial charge in [0.15, 0.2) is 10.7 Å². The molecule has 9 rings (SSSR count). The number of esters is 1. The number of carboxylic acid groups (broad SMARTS) is 1. The normalized spacial score (nSPS) is 31.9. The Labute approximate surface area is 390 Å². The number of thiocarbonyl (C=S) groups is 1. The largest absolute Gasteiger partial charge is 0.508 e. The Morgan fingerprint density at radius 1 is 0.864 bits per heavy atom. The summed E-state index contributed by atoms with van der Waals surface area (Å²) in [5.41, 5.74) is 0.675. The van der Waals surface area contributed by atoms with Crippen LogP contribution in [-0.4, -0.2) is 84.5 Å². The van der Waals surface area contributed by atoms with Gasteiger partial charge in [-0.15, -0.1) is 0 Å². The molecule has 4 aliphatic carbocycles. The van der Waals surface area contributed by atoms with Gasteiger partial charge in [-0.1, -0.05) is 26.8 Å². The molecule has 4 fully saturated rings. The Kier molecular flexibility index (Phi) is 12.3. The van der Waals surface area contributed by atoms with Gasteiger partial charge in [0.25, 0.3) is 0 Å². The topological polar surface area (TPSA) is 227 Å². The van der Waals surface area contributed by atoms with Gasteiger partial charge in [-0.2, -0.15) is 0 Å². The maximum Gasteiger partial charge on any atom is 0.340 e. The van der Waals surface area contributed by atoms with Crippen molar-refractivity contribution in [3.63, 3.8) is 0 Å². The van der Waals surface area contributed by atoms with Crippen LogP contribution in [0.25, 0.3) is 0 Å². The number of anilines is 1. The van der Waals surface area contributed by atoms with Crippen LogP contribution in [0.2, 0.25) is 0 Å². The second kappa shape index (κ2) is 17.6. The molecule has 2 aliphatic heterocycles. The molecule has 2 heterocycles. The van der Waals surface area contributed by atoms with Gasteiger partial charge >= 0.3 is 11.9 Å². The summed E-state index contributed by atoms with van der Waals surface area (Å²) < 4.78 is 12.2. The van der Waals surface area contributed by atoms with E-state index in [1.165, 1.54) is 24.3 Å². The Morgan fingerprint density at radius 2 is 1.56 bits per heavy atom. The van der Waals surface area contributed by atoms with Crippen LogP contribution < -0.4 is 20.7 Å². The van der Waals surface area contributed by atoms with Crippen molar-refractivity contribution < 1.29 is 54.5 Å². The highest BCUT2D eigenvalue weighted by Gasteiger charge is 2.66. The Morgan fingerprint density at radius 3 is 2.26 bits per heavy atom. The van der Waals surface area contributed by atoms with E-state index >= 15 is 0 Å². The Hall–Kier alpha value is -4.96. The summed E-state index contributed by atoms with van der Waals surface area (Å²) in [4.78, 5) is 39.0. The fourth-order valence-corrected chi connectivity index (χ4v) is 14.1. The fraction of sp³-hybridized carbons (Fsp3) is 0.569. The average molecular weight is 926 g/mol. The van der Waals surface area contributed by atoms with Crippen LogP contribution >= 0.6 is 12.2 Å². The lowest BCUT2D eigenvalue weighted by atomic mass is 9.43. The molecule has 0 saturated heterocycles. The summed E-state index contributed by atoms with van der Waals surface area (Å²) in [6.07, 6.45) is 6.42. The number of hydrogen-bond acceptors (Lipinski definition) is 11. The first kappa shape index (κ1) is 46.2. The second-order valence-electron chi connectivity index (χ2n) is 20.7. The van der Waals surface area contributed by atoms with Crippen molar-refractivity contribution in [3.8, 4) is 23.0 Å². The van der Waals surface area contributed by atoms with Crippen LogP contribution in [0.15, 0.2) is 54.6 Å². The van der Waals surface area contributed by atoms with Crippen molar-refractivity contribution >= 4 is 40.9 Å². The van der Waals surface area contributed by atoms with Crippen LogP contribution in [0, 0.1) is 46.3 Å². The number of carbonyl (C=O) groups is 3. The molecule has 3 aromatic carbocycles. The highest BCUT2D eigenvalue weighted by Crippen LogP contribution is 2.68. The van der Waals surface area contributed by atoms with E-state index in [0.29, 0.717) is 71.7 Å². The number of aliphatic carboxylic acids is 1. The van der Waals surface area contributed by atoms with Crippen molar-refractivity contribution in [3.05, 3.63) is 76.9 Å². The average Bonchev–Trinajstić information content (AvgIpc) is 3.77. The summed E-state index contributed by atoms with van der Waals surface area (Å²) in [5.74, 6) is -0.411.